The van der Waals surface area contributed by atoms with Gasteiger partial charge in [-0.1, -0.05) is 13.8 Å². The molecule has 2 saturated heterocycles. The Kier molecular flexibility index (Phi) is 10.2. The molecule has 0 bridgehead atoms. The lowest BCUT2D eigenvalue weighted by Crippen LogP contribution is -2.49. The van der Waals surface area contributed by atoms with Gasteiger partial charge in [-0.25, -0.2) is 0 Å². The first kappa shape index (κ1) is 24.4. The number of piperidine rings is 1. The van der Waals surface area contributed by atoms with E-state index < -0.39 is 0 Å². The van der Waals surface area contributed by atoms with Crippen molar-refractivity contribution in [2.24, 2.45) is 18.0 Å². The van der Waals surface area contributed by atoms with Crippen LogP contribution in [0.4, 0.5) is 0 Å². The molecule has 0 aliphatic carbocycles. The van der Waals surface area contributed by atoms with Crippen LogP contribution in [0.15, 0.2) is 4.99 Å². The number of aromatic nitrogens is 2. The largest absolute Gasteiger partial charge is 0.381 e. The Morgan fingerprint density at radius 3 is 2.55 bits per heavy atom. The van der Waals surface area contributed by atoms with Gasteiger partial charge >= 0.3 is 0 Å². The first-order valence-electron chi connectivity index (χ1n) is 10.9. The van der Waals surface area contributed by atoms with E-state index in [1.165, 1.54) is 42.8 Å². The molecule has 2 aliphatic rings. The van der Waals surface area contributed by atoms with Crippen molar-refractivity contribution in [1.82, 2.24) is 25.3 Å². The highest BCUT2D eigenvalue weighted by atomic mass is 127. The van der Waals surface area contributed by atoms with Gasteiger partial charge in [0.1, 0.15) is 0 Å². The molecule has 2 fully saturated rings. The fraction of sp³-hybridized carbons (Fsp3) is 0.810. The summed E-state index contributed by atoms with van der Waals surface area (Å²) in [4.78, 5) is 7.06. The highest BCUT2D eigenvalue weighted by molar-refractivity contribution is 14.0. The second-order valence-electron chi connectivity index (χ2n) is 8.08. The normalized spacial score (nSPS) is 21.2. The van der Waals surface area contributed by atoms with Gasteiger partial charge in [0.05, 0.1) is 12.3 Å². The van der Waals surface area contributed by atoms with Crippen LogP contribution in [-0.2, 0) is 31.2 Å². The number of ether oxygens (including phenoxy) is 1. The molecule has 8 heteroatoms. The van der Waals surface area contributed by atoms with Gasteiger partial charge in [0.15, 0.2) is 5.96 Å². The Labute approximate surface area is 193 Å². The van der Waals surface area contributed by atoms with Crippen molar-refractivity contribution < 1.29 is 4.74 Å². The lowest BCUT2D eigenvalue weighted by Gasteiger charge is -2.34. The number of aliphatic imine (C=N–C) groups is 1. The van der Waals surface area contributed by atoms with Gasteiger partial charge in [0, 0.05) is 64.2 Å². The van der Waals surface area contributed by atoms with Crippen LogP contribution in [0.25, 0.3) is 0 Å². The van der Waals surface area contributed by atoms with Crippen LogP contribution in [0.5, 0.6) is 0 Å². The lowest BCUT2D eigenvalue weighted by atomic mass is 10.0. The Hall–Kier alpha value is -0.870. The molecule has 2 aliphatic heterocycles. The molecule has 3 heterocycles. The van der Waals surface area contributed by atoms with Crippen molar-refractivity contribution in [3.8, 4) is 0 Å². The molecule has 1 unspecified atom stereocenters. The van der Waals surface area contributed by atoms with Crippen LogP contribution < -0.4 is 10.6 Å². The molecule has 1 aromatic heterocycles. The molecule has 0 aromatic carbocycles. The summed E-state index contributed by atoms with van der Waals surface area (Å²) in [6.07, 6.45) is 5.52. The Balaban J connectivity index is 0.00000300. The van der Waals surface area contributed by atoms with E-state index >= 15 is 0 Å². The van der Waals surface area contributed by atoms with Crippen molar-refractivity contribution in [1.29, 1.82) is 0 Å². The first-order valence-corrected chi connectivity index (χ1v) is 10.9. The lowest BCUT2D eigenvalue weighted by molar-refractivity contribution is 0.150. The molecule has 29 heavy (non-hydrogen) atoms. The zero-order valence-corrected chi connectivity index (χ0v) is 20.9. The number of rotatable bonds is 7. The Morgan fingerprint density at radius 2 is 1.97 bits per heavy atom. The maximum Gasteiger partial charge on any atom is 0.191 e. The summed E-state index contributed by atoms with van der Waals surface area (Å²) in [7, 11) is 3.90. The maximum atomic E-state index is 5.52. The zero-order valence-electron chi connectivity index (χ0n) is 18.5. The van der Waals surface area contributed by atoms with Gasteiger partial charge in [-0.2, -0.15) is 5.10 Å². The van der Waals surface area contributed by atoms with Gasteiger partial charge in [-0.15, -0.1) is 24.0 Å². The maximum absolute atomic E-state index is 5.52. The average molecular weight is 518 g/mol. The molecule has 7 nitrogen and oxygen atoms in total. The SMILES string of the molecule is CCc1nn(C)c(CC)c1CNC(=NC)NC1CCN(CC2CCOC2)CC1.I. The monoisotopic (exact) mass is 518 g/mol. The quantitative estimate of drug-likeness (QED) is 0.330. The molecule has 1 aromatic rings. The van der Waals surface area contributed by atoms with E-state index in [9.17, 15) is 0 Å². The van der Waals surface area contributed by atoms with Crippen LogP contribution >= 0.6 is 24.0 Å². The zero-order chi connectivity index (χ0) is 19.9. The molecule has 1 atom stereocenters. The third-order valence-corrected chi connectivity index (χ3v) is 6.15. The summed E-state index contributed by atoms with van der Waals surface area (Å²) >= 11 is 0. The predicted molar refractivity (Wildman–Crippen MR) is 129 cm³/mol. The molecule has 3 rings (SSSR count). The predicted octanol–water partition coefficient (Wildman–Crippen LogP) is 2.33. The van der Waals surface area contributed by atoms with Crippen molar-refractivity contribution in [3.63, 3.8) is 0 Å². The summed E-state index contributed by atoms with van der Waals surface area (Å²) < 4.78 is 7.54. The smallest absolute Gasteiger partial charge is 0.191 e. The van der Waals surface area contributed by atoms with Crippen molar-refractivity contribution >= 4 is 29.9 Å². The third kappa shape index (κ3) is 6.55. The minimum atomic E-state index is 0. The van der Waals surface area contributed by atoms with Gasteiger partial charge in [0.25, 0.3) is 0 Å². The second-order valence-corrected chi connectivity index (χ2v) is 8.08. The molecule has 0 radical (unpaired) electrons. The van der Waals surface area contributed by atoms with E-state index in [-0.39, 0.29) is 24.0 Å². The molecule has 166 valence electrons. The van der Waals surface area contributed by atoms with Crippen LogP contribution in [0.2, 0.25) is 0 Å². The van der Waals surface area contributed by atoms with Crippen molar-refractivity contribution in [2.75, 3.05) is 39.9 Å². The minimum absolute atomic E-state index is 0. The molecule has 0 amide bonds. The number of hydrogen-bond donors (Lipinski definition) is 2. The summed E-state index contributed by atoms with van der Waals surface area (Å²) in [5.74, 6) is 1.63. The summed E-state index contributed by atoms with van der Waals surface area (Å²) in [6, 6.07) is 0.493. The van der Waals surface area contributed by atoms with E-state index in [0.717, 1.165) is 57.6 Å². The molecular formula is C21H39IN6O. The Morgan fingerprint density at radius 1 is 1.21 bits per heavy atom. The van der Waals surface area contributed by atoms with E-state index in [2.05, 4.69) is 39.5 Å². The number of guanidine groups is 1. The third-order valence-electron chi connectivity index (χ3n) is 6.15. The Bertz CT molecular complexity index is 648. The number of nitrogens with one attached hydrogen (secondary N) is 2. The number of likely N-dealkylation sites (tertiary alicyclic amines) is 1. The van der Waals surface area contributed by atoms with E-state index in [4.69, 9.17) is 4.74 Å². The minimum Gasteiger partial charge on any atom is -0.381 e. The molecule has 0 spiro atoms. The summed E-state index contributed by atoms with van der Waals surface area (Å²) in [5.41, 5.74) is 3.82. The first-order chi connectivity index (χ1) is 13.6. The number of aryl methyl sites for hydroxylation is 2. The van der Waals surface area contributed by atoms with Crippen LogP contribution in [0.1, 0.15) is 50.1 Å². The van der Waals surface area contributed by atoms with Crippen molar-refractivity contribution in [3.05, 3.63) is 17.0 Å². The number of halogens is 1. The van der Waals surface area contributed by atoms with Gasteiger partial charge in [0.2, 0.25) is 0 Å². The number of hydrogen-bond acceptors (Lipinski definition) is 4. The van der Waals surface area contributed by atoms with Gasteiger partial charge in [-0.05, 0) is 38.0 Å². The van der Waals surface area contributed by atoms with Crippen LogP contribution in [0.3, 0.4) is 0 Å². The second kappa shape index (κ2) is 12.1. The van der Waals surface area contributed by atoms with Crippen molar-refractivity contribution in [2.45, 2.75) is 58.5 Å². The van der Waals surface area contributed by atoms with E-state index in [1.807, 2.05) is 18.8 Å². The van der Waals surface area contributed by atoms with Crippen LogP contribution in [0, 0.1) is 5.92 Å². The van der Waals surface area contributed by atoms with E-state index in [1.54, 1.807) is 0 Å². The topological polar surface area (TPSA) is 66.7 Å². The summed E-state index contributed by atoms with van der Waals surface area (Å²) in [6.45, 7) is 10.5. The fourth-order valence-corrected chi connectivity index (χ4v) is 4.51. The van der Waals surface area contributed by atoms with Crippen LogP contribution in [-0.4, -0.2) is 66.6 Å². The molecule has 0 saturated carbocycles. The standard InChI is InChI=1S/C21H38N6O.HI/c1-5-19-18(20(6-2)26(4)25-19)13-23-21(22-3)24-17-7-10-27(11-8-17)14-16-9-12-28-15-16;/h16-17H,5-15H2,1-4H3,(H2,22,23,24);1H. The number of nitrogens with zero attached hydrogens (tertiary/aromatic N) is 4. The van der Waals surface area contributed by atoms with E-state index in [0.29, 0.717) is 6.04 Å². The summed E-state index contributed by atoms with van der Waals surface area (Å²) in [5, 5.41) is 11.8. The molecule has 2 N–H and O–H groups in total. The van der Waals surface area contributed by atoms with Gasteiger partial charge in [-0.3, -0.25) is 9.67 Å². The molecular weight excluding hydrogens is 479 g/mol. The average Bonchev–Trinajstić information content (AvgIpc) is 3.33. The fourth-order valence-electron chi connectivity index (χ4n) is 4.51. The highest BCUT2D eigenvalue weighted by Crippen LogP contribution is 2.18. The van der Waals surface area contributed by atoms with Gasteiger partial charge < -0.3 is 20.3 Å². The highest BCUT2D eigenvalue weighted by Gasteiger charge is 2.24.